The summed E-state index contributed by atoms with van der Waals surface area (Å²) in [6.45, 7) is 1.94. The van der Waals surface area contributed by atoms with Gasteiger partial charge in [-0.1, -0.05) is 47.7 Å². The van der Waals surface area contributed by atoms with Gasteiger partial charge in [-0.05, 0) is 43.4 Å². The summed E-state index contributed by atoms with van der Waals surface area (Å²) in [6, 6.07) is 14.4. The zero-order valence-corrected chi connectivity index (χ0v) is 15.8. The number of benzene rings is 2. The molecule has 26 heavy (non-hydrogen) atoms. The third-order valence-electron chi connectivity index (χ3n) is 3.75. The molecular weight excluding hydrogens is 368 g/mol. The lowest BCUT2D eigenvalue weighted by molar-refractivity contribution is -0.123. The molecule has 0 aromatic heterocycles. The van der Waals surface area contributed by atoms with E-state index in [4.69, 9.17) is 17.0 Å². The standard InChI is InChI=1S/C19H16N2O3S2/c1-12-7-9-13(10-8-12)17(22)20-21-18(23)16(26-19(21)25)11-14-5-3-4-6-15(14)24-2/h3-11H,1-2H3,(H,20,22)/b16-11+. The van der Waals surface area contributed by atoms with Crippen LogP contribution in [0.25, 0.3) is 6.08 Å². The number of carbonyl (C=O) groups is 2. The quantitative estimate of drug-likeness (QED) is 0.645. The van der Waals surface area contributed by atoms with Crippen LogP contribution in [0.4, 0.5) is 0 Å². The molecule has 2 aromatic carbocycles. The van der Waals surface area contributed by atoms with Gasteiger partial charge in [0.2, 0.25) is 0 Å². The Balaban J connectivity index is 1.79. The van der Waals surface area contributed by atoms with Crippen LogP contribution in [0.3, 0.4) is 0 Å². The summed E-state index contributed by atoms with van der Waals surface area (Å²) in [5.74, 6) is -0.104. The van der Waals surface area contributed by atoms with E-state index >= 15 is 0 Å². The Morgan fingerprint density at radius 2 is 1.88 bits per heavy atom. The minimum absolute atomic E-state index is 0.275. The topological polar surface area (TPSA) is 58.6 Å². The molecule has 2 amide bonds. The van der Waals surface area contributed by atoms with Crippen molar-refractivity contribution < 1.29 is 14.3 Å². The van der Waals surface area contributed by atoms with Gasteiger partial charge in [0.1, 0.15) is 5.75 Å². The lowest BCUT2D eigenvalue weighted by Gasteiger charge is -2.15. The molecule has 7 heteroatoms. The predicted octanol–water partition coefficient (Wildman–Crippen LogP) is 3.55. The van der Waals surface area contributed by atoms with Crippen molar-refractivity contribution in [3.05, 3.63) is 70.1 Å². The third kappa shape index (κ3) is 3.79. The summed E-state index contributed by atoms with van der Waals surface area (Å²) >= 11 is 6.38. The summed E-state index contributed by atoms with van der Waals surface area (Å²) in [7, 11) is 1.57. The second-order valence-corrected chi connectivity index (χ2v) is 7.24. The molecule has 0 spiro atoms. The average molecular weight is 384 g/mol. The van der Waals surface area contributed by atoms with Crippen LogP contribution in [0.15, 0.2) is 53.4 Å². The number of para-hydroxylation sites is 1. The maximum absolute atomic E-state index is 12.6. The summed E-state index contributed by atoms with van der Waals surface area (Å²) < 4.78 is 5.57. The number of hydrogen-bond donors (Lipinski definition) is 1. The minimum Gasteiger partial charge on any atom is -0.496 e. The molecule has 3 rings (SSSR count). The second-order valence-electron chi connectivity index (χ2n) is 5.57. The van der Waals surface area contributed by atoms with Gasteiger partial charge in [0.05, 0.1) is 12.0 Å². The summed E-state index contributed by atoms with van der Waals surface area (Å²) in [5.41, 5.74) is 4.84. The van der Waals surface area contributed by atoms with Crippen molar-refractivity contribution >= 4 is 46.2 Å². The Labute approximate surface area is 161 Å². The van der Waals surface area contributed by atoms with Gasteiger partial charge in [0.15, 0.2) is 4.32 Å². The first-order valence-corrected chi connectivity index (χ1v) is 9.00. The number of thiocarbonyl (C=S) groups is 1. The number of hydrazine groups is 1. The number of hydrogen-bond acceptors (Lipinski definition) is 5. The van der Waals surface area contributed by atoms with E-state index in [1.54, 1.807) is 25.3 Å². The van der Waals surface area contributed by atoms with E-state index < -0.39 is 0 Å². The first-order chi connectivity index (χ1) is 12.5. The lowest BCUT2D eigenvalue weighted by Crippen LogP contribution is -2.44. The molecule has 132 valence electrons. The molecule has 5 nitrogen and oxygen atoms in total. The number of methoxy groups -OCH3 is 1. The van der Waals surface area contributed by atoms with E-state index in [0.717, 1.165) is 27.9 Å². The van der Waals surface area contributed by atoms with Crippen molar-refractivity contribution in [3.63, 3.8) is 0 Å². The van der Waals surface area contributed by atoms with Crippen molar-refractivity contribution in [3.8, 4) is 5.75 Å². The highest BCUT2D eigenvalue weighted by Gasteiger charge is 2.34. The summed E-state index contributed by atoms with van der Waals surface area (Å²) in [5, 5.41) is 1.10. The number of rotatable bonds is 4. The van der Waals surface area contributed by atoms with Gasteiger partial charge < -0.3 is 4.74 Å². The fraction of sp³-hybridized carbons (Fsp3) is 0.105. The van der Waals surface area contributed by atoms with E-state index in [1.165, 1.54) is 0 Å². The molecule has 0 unspecified atom stereocenters. The van der Waals surface area contributed by atoms with Gasteiger partial charge in [-0.15, -0.1) is 0 Å². The zero-order valence-electron chi connectivity index (χ0n) is 14.2. The van der Waals surface area contributed by atoms with Gasteiger partial charge >= 0.3 is 0 Å². The largest absolute Gasteiger partial charge is 0.496 e. The number of carbonyl (C=O) groups excluding carboxylic acids is 2. The van der Waals surface area contributed by atoms with Crippen LogP contribution in [-0.2, 0) is 4.79 Å². The average Bonchev–Trinajstić information content (AvgIpc) is 2.90. The van der Waals surface area contributed by atoms with Gasteiger partial charge in [-0.25, -0.2) is 0 Å². The Kier molecular flexibility index (Phi) is 5.39. The number of amides is 2. The van der Waals surface area contributed by atoms with E-state index in [-0.39, 0.29) is 16.1 Å². The van der Waals surface area contributed by atoms with Crippen LogP contribution in [0.2, 0.25) is 0 Å². The van der Waals surface area contributed by atoms with E-state index in [9.17, 15) is 9.59 Å². The molecule has 0 saturated carbocycles. The van der Waals surface area contributed by atoms with Crippen molar-refractivity contribution in [2.45, 2.75) is 6.92 Å². The highest BCUT2D eigenvalue weighted by molar-refractivity contribution is 8.26. The summed E-state index contributed by atoms with van der Waals surface area (Å²) in [6.07, 6.45) is 1.70. The molecular formula is C19H16N2O3S2. The number of ether oxygens (including phenoxy) is 1. The third-order valence-corrected chi connectivity index (χ3v) is 5.05. The molecule has 1 saturated heterocycles. The molecule has 1 fully saturated rings. The van der Waals surface area contributed by atoms with Gasteiger partial charge in [0.25, 0.3) is 11.8 Å². The first kappa shape index (κ1) is 18.2. The van der Waals surface area contributed by atoms with Crippen LogP contribution in [0.5, 0.6) is 5.75 Å². The van der Waals surface area contributed by atoms with Gasteiger partial charge in [-0.2, -0.15) is 5.01 Å². The molecule has 0 radical (unpaired) electrons. The molecule has 2 aromatic rings. The Morgan fingerprint density at radius 1 is 1.19 bits per heavy atom. The smallest absolute Gasteiger partial charge is 0.285 e. The highest BCUT2D eigenvalue weighted by Crippen LogP contribution is 2.33. The van der Waals surface area contributed by atoms with Crippen molar-refractivity contribution in [1.29, 1.82) is 0 Å². The summed E-state index contributed by atoms with van der Waals surface area (Å²) in [4.78, 5) is 25.4. The maximum atomic E-state index is 12.6. The number of nitrogens with one attached hydrogen (secondary N) is 1. The number of aryl methyl sites for hydroxylation is 1. The van der Waals surface area contributed by atoms with Crippen molar-refractivity contribution in [2.75, 3.05) is 7.11 Å². The first-order valence-electron chi connectivity index (χ1n) is 7.78. The van der Waals surface area contributed by atoms with E-state index in [2.05, 4.69) is 5.43 Å². The monoisotopic (exact) mass is 384 g/mol. The van der Waals surface area contributed by atoms with Crippen LogP contribution in [-0.4, -0.2) is 28.3 Å². The van der Waals surface area contributed by atoms with Crippen molar-refractivity contribution in [1.82, 2.24) is 10.4 Å². The SMILES string of the molecule is COc1ccccc1/C=C1/SC(=S)N(NC(=O)c2ccc(C)cc2)C1=O. The molecule has 1 aliphatic heterocycles. The fourth-order valence-electron chi connectivity index (χ4n) is 2.36. The maximum Gasteiger partial charge on any atom is 0.285 e. The van der Waals surface area contributed by atoms with Crippen LogP contribution >= 0.6 is 24.0 Å². The molecule has 0 aliphatic carbocycles. The van der Waals surface area contributed by atoms with Crippen LogP contribution in [0, 0.1) is 6.92 Å². The lowest BCUT2D eigenvalue weighted by atomic mass is 10.1. The zero-order chi connectivity index (χ0) is 18.7. The van der Waals surface area contributed by atoms with E-state index in [0.29, 0.717) is 16.2 Å². The fourth-order valence-corrected chi connectivity index (χ4v) is 3.53. The highest BCUT2D eigenvalue weighted by atomic mass is 32.2. The molecule has 0 bridgehead atoms. The Bertz CT molecular complexity index is 907. The Morgan fingerprint density at radius 3 is 2.58 bits per heavy atom. The second kappa shape index (κ2) is 7.72. The van der Waals surface area contributed by atoms with Gasteiger partial charge in [0, 0.05) is 11.1 Å². The number of nitrogens with zero attached hydrogens (tertiary/aromatic N) is 1. The molecule has 0 atom stereocenters. The molecule has 1 aliphatic rings. The van der Waals surface area contributed by atoms with Crippen molar-refractivity contribution in [2.24, 2.45) is 0 Å². The van der Waals surface area contributed by atoms with Crippen LogP contribution < -0.4 is 10.2 Å². The Hall–Kier alpha value is -2.64. The predicted molar refractivity (Wildman–Crippen MR) is 107 cm³/mol. The number of thioether (sulfide) groups is 1. The molecule has 1 N–H and O–H groups in total. The normalized spacial score (nSPS) is 15.5. The van der Waals surface area contributed by atoms with Gasteiger partial charge in [-0.3, -0.25) is 15.0 Å². The minimum atomic E-state index is -0.389. The van der Waals surface area contributed by atoms with Crippen LogP contribution in [0.1, 0.15) is 21.5 Å². The van der Waals surface area contributed by atoms with E-state index in [1.807, 2.05) is 43.3 Å². The molecule has 1 heterocycles.